The number of hydrogen-bond donors (Lipinski definition) is 2. The molecule has 0 spiro atoms. The molecule has 1 fully saturated rings. The molecule has 1 aromatic rings. The highest BCUT2D eigenvalue weighted by atomic mass is 32.2. The molecule has 0 saturated carbocycles. The van der Waals surface area contributed by atoms with Gasteiger partial charge in [0.15, 0.2) is 5.96 Å². The van der Waals surface area contributed by atoms with Crippen LogP contribution in [0.3, 0.4) is 0 Å². The molecule has 2 N–H and O–H groups in total. The van der Waals surface area contributed by atoms with E-state index in [1.54, 1.807) is 6.20 Å². The Hall–Kier alpha value is -1.88. The van der Waals surface area contributed by atoms with Crippen molar-refractivity contribution in [2.75, 3.05) is 32.7 Å². The molecule has 0 atom stereocenters. The van der Waals surface area contributed by atoms with Crippen molar-refractivity contribution in [3.63, 3.8) is 0 Å². The van der Waals surface area contributed by atoms with Crippen LogP contribution in [0, 0.1) is 5.92 Å². The van der Waals surface area contributed by atoms with Crippen molar-refractivity contribution in [2.24, 2.45) is 10.9 Å². The summed E-state index contributed by atoms with van der Waals surface area (Å²) in [7, 11) is -5.23. The van der Waals surface area contributed by atoms with Crippen molar-refractivity contribution >= 4 is 16.0 Å². The van der Waals surface area contributed by atoms with E-state index in [9.17, 15) is 21.6 Å². The molecular formula is C17H26F3N5O2S. The highest BCUT2D eigenvalue weighted by Gasteiger charge is 2.50. The Morgan fingerprint density at radius 2 is 2.00 bits per heavy atom. The van der Waals surface area contributed by atoms with Crippen LogP contribution in [0.5, 0.6) is 0 Å². The summed E-state index contributed by atoms with van der Waals surface area (Å²) >= 11 is 0. The zero-order valence-electron chi connectivity index (χ0n) is 15.7. The van der Waals surface area contributed by atoms with E-state index in [-0.39, 0.29) is 19.0 Å². The Kier molecular flexibility index (Phi) is 8.05. The molecule has 1 aliphatic heterocycles. The molecule has 2 heterocycles. The van der Waals surface area contributed by atoms with Crippen LogP contribution in [0.1, 0.15) is 25.5 Å². The first-order valence-electron chi connectivity index (χ1n) is 9.22. The van der Waals surface area contributed by atoms with Crippen LogP contribution in [0.25, 0.3) is 0 Å². The van der Waals surface area contributed by atoms with Gasteiger partial charge in [-0.25, -0.2) is 8.42 Å². The zero-order chi connectivity index (χ0) is 20.6. The van der Waals surface area contributed by atoms with Gasteiger partial charge in [-0.05, 0) is 37.8 Å². The third-order valence-corrected chi connectivity index (χ3v) is 6.09. The number of sulfonamides is 1. The maximum atomic E-state index is 12.6. The Bertz CT molecular complexity index is 733. The first-order chi connectivity index (χ1) is 13.2. The molecule has 0 unspecified atom stereocenters. The monoisotopic (exact) mass is 421 g/mol. The number of piperidine rings is 1. The molecule has 0 bridgehead atoms. The fourth-order valence-corrected chi connectivity index (χ4v) is 3.88. The molecule has 28 heavy (non-hydrogen) atoms. The summed E-state index contributed by atoms with van der Waals surface area (Å²) in [6.45, 7) is 3.43. The number of hydrogen-bond acceptors (Lipinski definition) is 4. The van der Waals surface area contributed by atoms with E-state index in [1.807, 2.05) is 25.1 Å². The van der Waals surface area contributed by atoms with Crippen molar-refractivity contribution in [1.29, 1.82) is 0 Å². The van der Waals surface area contributed by atoms with Crippen LogP contribution >= 0.6 is 0 Å². The van der Waals surface area contributed by atoms with Gasteiger partial charge in [0.05, 0.1) is 0 Å². The van der Waals surface area contributed by atoms with Crippen LogP contribution in [-0.4, -0.2) is 61.9 Å². The van der Waals surface area contributed by atoms with Crippen LogP contribution in [0.15, 0.2) is 29.4 Å². The molecule has 0 amide bonds. The lowest BCUT2D eigenvalue weighted by atomic mass is 9.98. The van der Waals surface area contributed by atoms with E-state index in [1.165, 1.54) is 0 Å². The van der Waals surface area contributed by atoms with Gasteiger partial charge in [0, 0.05) is 51.0 Å². The standard InChI is InChI=1S/C17H26F3N5O2S/c1-2-21-16(23-10-6-15-5-3-4-9-22-15)24-13-14-7-11-25(12-8-14)28(26,27)17(18,19)20/h3-5,9,14H,2,6-8,10-13H2,1H3,(H2,21,23,24). The SMILES string of the molecule is CCNC(=NCC1CCN(S(=O)(=O)C(F)(F)F)CC1)NCCc1ccccn1. The Morgan fingerprint density at radius 1 is 1.29 bits per heavy atom. The predicted molar refractivity (Wildman–Crippen MR) is 101 cm³/mol. The molecule has 158 valence electrons. The molecule has 1 aromatic heterocycles. The van der Waals surface area contributed by atoms with Crippen LogP contribution < -0.4 is 10.6 Å². The molecule has 1 saturated heterocycles. The Morgan fingerprint density at radius 3 is 2.57 bits per heavy atom. The highest BCUT2D eigenvalue weighted by Crippen LogP contribution is 2.30. The van der Waals surface area contributed by atoms with Gasteiger partial charge in [0.2, 0.25) is 0 Å². The minimum absolute atomic E-state index is 0.0472. The van der Waals surface area contributed by atoms with Gasteiger partial charge in [0.25, 0.3) is 0 Å². The molecule has 0 radical (unpaired) electrons. The summed E-state index contributed by atoms with van der Waals surface area (Å²) in [4.78, 5) is 8.74. The molecule has 7 nitrogen and oxygen atoms in total. The van der Waals surface area contributed by atoms with Gasteiger partial charge in [-0.3, -0.25) is 9.98 Å². The van der Waals surface area contributed by atoms with E-state index in [2.05, 4.69) is 20.6 Å². The quantitative estimate of drug-likeness (QED) is 0.517. The third-order valence-electron chi connectivity index (χ3n) is 4.46. The first-order valence-corrected chi connectivity index (χ1v) is 10.7. The zero-order valence-corrected chi connectivity index (χ0v) is 16.6. The summed E-state index contributed by atoms with van der Waals surface area (Å²) in [5.74, 6) is 0.676. The number of aliphatic imine (C=N–C) groups is 1. The molecule has 2 rings (SSSR count). The van der Waals surface area contributed by atoms with Gasteiger partial charge >= 0.3 is 15.5 Å². The van der Waals surface area contributed by atoms with Gasteiger partial charge in [-0.15, -0.1) is 0 Å². The summed E-state index contributed by atoms with van der Waals surface area (Å²) < 4.78 is 61.3. The number of alkyl halides is 3. The summed E-state index contributed by atoms with van der Waals surface area (Å²) in [5.41, 5.74) is -4.28. The summed E-state index contributed by atoms with van der Waals surface area (Å²) in [5, 5.41) is 6.33. The molecule has 1 aliphatic rings. The van der Waals surface area contributed by atoms with Gasteiger partial charge in [-0.1, -0.05) is 6.07 Å². The smallest absolute Gasteiger partial charge is 0.357 e. The lowest BCUT2D eigenvalue weighted by Gasteiger charge is -2.30. The topological polar surface area (TPSA) is 86.7 Å². The number of aromatic nitrogens is 1. The van der Waals surface area contributed by atoms with E-state index < -0.39 is 15.5 Å². The molecular weight excluding hydrogens is 395 g/mol. The second kappa shape index (κ2) is 10.1. The number of nitrogens with zero attached hydrogens (tertiary/aromatic N) is 3. The van der Waals surface area contributed by atoms with Gasteiger partial charge in [0.1, 0.15) is 0 Å². The average molecular weight is 421 g/mol. The Balaban J connectivity index is 1.81. The lowest BCUT2D eigenvalue weighted by Crippen LogP contribution is -2.45. The minimum Gasteiger partial charge on any atom is -0.357 e. The minimum atomic E-state index is -5.24. The predicted octanol–water partition coefficient (Wildman–Crippen LogP) is 1.74. The third kappa shape index (κ3) is 6.33. The fraction of sp³-hybridized carbons (Fsp3) is 0.647. The maximum absolute atomic E-state index is 12.6. The first kappa shape index (κ1) is 22.4. The van der Waals surface area contributed by atoms with Crippen molar-refractivity contribution in [3.8, 4) is 0 Å². The van der Waals surface area contributed by atoms with Crippen LogP contribution in [0.2, 0.25) is 0 Å². The van der Waals surface area contributed by atoms with Crippen molar-refractivity contribution < 1.29 is 21.6 Å². The fourth-order valence-electron chi connectivity index (χ4n) is 2.90. The van der Waals surface area contributed by atoms with E-state index >= 15 is 0 Å². The molecule has 0 aromatic carbocycles. The summed E-state index contributed by atoms with van der Waals surface area (Å²) in [6.07, 6.45) is 3.18. The lowest BCUT2D eigenvalue weighted by molar-refractivity contribution is -0.0496. The van der Waals surface area contributed by atoms with Crippen LogP contribution in [0.4, 0.5) is 13.2 Å². The maximum Gasteiger partial charge on any atom is 0.511 e. The van der Waals surface area contributed by atoms with Crippen molar-refractivity contribution in [3.05, 3.63) is 30.1 Å². The number of rotatable bonds is 7. The molecule has 0 aliphatic carbocycles. The number of halogens is 3. The highest BCUT2D eigenvalue weighted by molar-refractivity contribution is 7.90. The van der Waals surface area contributed by atoms with Gasteiger partial charge < -0.3 is 10.6 Å². The molecule has 11 heteroatoms. The number of guanidine groups is 1. The van der Waals surface area contributed by atoms with Gasteiger partial charge in [-0.2, -0.15) is 17.5 Å². The second-order valence-corrected chi connectivity index (χ2v) is 8.44. The largest absolute Gasteiger partial charge is 0.511 e. The van der Waals surface area contributed by atoms with Crippen molar-refractivity contribution in [2.45, 2.75) is 31.7 Å². The summed E-state index contributed by atoms with van der Waals surface area (Å²) in [6, 6.07) is 5.72. The second-order valence-electron chi connectivity index (χ2n) is 6.51. The Labute approximate surface area is 163 Å². The van der Waals surface area contributed by atoms with Crippen LogP contribution in [-0.2, 0) is 16.4 Å². The number of pyridine rings is 1. The normalized spacial score (nSPS) is 17.5. The number of nitrogens with one attached hydrogen (secondary N) is 2. The van der Waals surface area contributed by atoms with Crippen molar-refractivity contribution in [1.82, 2.24) is 19.9 Å². The van der Waals surface area contributed by atoms with E-state index in [4.69, 9.17) is 0 Å². The average Bonchev–Trinajstić information content (AvgIpc) is 2.66. The van der Waals surface area contributed by atoms with E-state index in [0.717, 1.165) is 12.1 Å². The van der Waals surface area contributed by atoms with E-state index in [0.29, 0.717) is 42.7 Å².